The van der Waals surface area contributed by atoms with Crippen molar-refractivity contribution in [3.8, 4) is 0 Å². The first-order valence-corrected chi connectivity index (χ1v) is 7.07. The minimum absolute atomic E-state index is 0.465. The predicted octanol–water partition coefficient (Wildman–Crippen LogP) is 0.710. The Hall–Kier alpha value is -0.950. The molecule has 114 valence electrons. The van der Waals surface area contributed by atoms with E-state index in [0.717, 1.165) is 50.7 Å². The molecule has 0 amide bonds. The maximum absolute atomic E-state index is 9.83. The summed E-state index contributed by atoms with van der Waals surface area (Å²) >= 11 is 0. The average molecular weight is 283 g/mol. The largest absolute Gasteiger partial charge is 0.389 e. The van der Waals surface area contributed by atoms with Gasteiger partial charge in [0.1, 0.15) is 6.61 Å². The van der Waals surface area contributed by atoms with Crippen molar-refractivity contribution in [2.75, 3.05) is 39.8 Å². The third-order valence-corrected chi connectivity index (χ3v) is 3.36. The summed E-state index contributed by atoms with van der Waals surface area (Å²) in [6.07, 6.45) is 0. The molecule has 1 aromatic heterocycles. The summed E-state index contributed by atoms with van der Waals surface area (Å²) in [5.41, 5.74) is 0.330. The Morgan fingerprint density at radius 3 is 2.55 bits per heavy atom. The van der Waals surface area contributed by atoms with E-state index >= 15 is 0 Å². The second kappa shape index (κ2) is 6.67. The van der Waals surface area contributed by atoms with E-state index in [1.54, 1.807) is 7.11 Å². The number of hydrogen-bond donors (Lipinski definition) is 1. The van der Waals surface area contributed by atoms with Gasteiger partial charge < -0.3 is 14.4 Å². The Balaban J connectivity index is 1.76. The van der Waals surface area contributed by atoms with Crippen molar-refractivity contribution in [2.24, 2.45) is 0 Å². The summed E-state index contributed by atoms with van der Waals surface area (Å²) in [4.78, 5) is 4.66. The van der Waals surface area contributed by atoms with Crippen LogP contribution >= 0.6 is 0 Å². The van der Waals surface area contributed by atoms with Gasteiger partial charge in [0.15, 0.2) is 5.76 Å². The Labute approximate surface area is 120 Å². The Bertz CT molecular complexity index is 406. The molecular weight excluding hydrogens is 258 g/mol. The average Bonchev–Trinajstić information content (AvgIpc) is 2.78. The number of methoxy groups -OCH3 is 1. The zero-order valence-electron chi connectivity index (χ0n) is 12.6. The molecule has 2 heterocycles. The van der Waals surface area contributed by atoms with E-state index in [0.29, 0.717) is 6.61 Å². The third-order valence-electron chi connectivity index (χ3n) is 3.36. The Morgan fingerprint density at radius 2 is 1.95 bits per heavy atom. The van der Waals surface area contributed by atoms with Gasteiger partial charge in [-0.05, 0) is 13.8 Å². The van der Waals surface area contributed by atoms with Gasteiger partial charge in [-0.2, -0.15) is 0 Å². The van der Waals surface area contributed by atoms with Crippen LogP contribution in [0.25, 0.3) is 0 Å². The molecule has 0 bridgehead atoms. The van der Waals surface area contributed by atoms with Crippen LogP contribution in [0, 0.1) is 0 Å². The molecule has 0 atom stereocenters. The Morgan fingerprint density at radius 1 is 1.30 bits per heavy atom. The minimum Gasteiger partial charge on any atom is -0.389 e. The van der Waals surface area contributed by atoms with E-state index in [4.69, 9.17) is 9.26 Å². The fourth-order valence-electron chi connectivity index (χ4n) is 2.52. The van der Waals surface area contributed by atoms with Gasteiger partial charge in [-0.1, -0.05) is 5.16 Å². The lowest BCUT2D eigenvalue weighted by Crippen LogP contribution is -2.50. The van der Waals surface area contributed by atoms with E-state index in [9.17, 15) is 5.11 Å². The number of rotatable bonds is 6. The van der Waals surface area contributed by atoms with Gasteiger partial charge in [0.25, 0.3) is 0 Å². The molecule has 2 rings (SSSR count). The van der Waals surface area contributed by atoms with Crippen molar-refractivity contribution in [1.29, 1.82) is 0 Å². The molecule has 0 aliphatic carbocycles. The fraction of sp³-hybridized carbons (Fsp3) is 0.786. The number of aromatic nitrogens is 1. The van der Waals surface area contributed by atoms with Crippen LogP contribution in [0.4, 0.5) is 0 Å². The molecule has 1 aliphatic rings. The standard InChI is InChI=1S/C14H25N3O3/c1-14(2,18)11-17-6-4-16(5-7-17)9-12-8-13(10-19-3)20-15-12/h8,18H,4-7,9-11H2,1-3H3. The van der Waals surface area contributed by atoms with Crippen LogP contribution in [-0.2, 0) is 17.9 Å². The van der Waals surface area contributed by atoms with Crippen molar-refractivity contribution < 1.29 is 14.4 Å². The molecule has 1 aliphatic heterocycles. The van der Waals surface area contributed by atoms with Crippen LogP contribution in [0.3, 0.4) is 0 Å². The number of hydrogen-bond acceptors (Lipinski definition) is 6. The smallest absolute Gasteiger partial charge is 0.162 e. The van der Waals surface area contributed by atoms with Crippen LogP contribution in [-0.4, -0.2) is 65.5 Å². The zero-order valence-corrected chi connectivity index (χ0v) is 12.6. The highest BCUT2D eigenvalue weighted by molar-refractivity contribution is 5.04. The lowest BCUT2D eigenvalue weighted by atomic mass is 10.1. The number of aliphatic hydroxyl groups is 1. The van der Waals surface area contributed by atoms with E-state index in [2.05, 4.69) is 15.0 Å². The molecule has 0 aromatic carbocycles. The lowest BCUT2D eigenvalue weighted by Gasteiger charge is -2.36. The van der Waals surface area contributed by atoms with Gasteiger partial charge in [-0.25, -0.2) is 0 Å². The lowest BCUT2D eigenvalue weighted by molar-refractivity contribution is 0.0164. The van der Waals surface area contributed by atoms with Crippen molar-refractivity contribution in [3.63, 3.8) is 0 Å². The van der Waals surface area contributed by atoms with Crippen LogP contribution in [0.5, 0.6) is 0 Å². The summed E-state index contributed by atoms with van der Waals surface area (Å²) < 4.78 is 10.2. The van der Waals surface area contributed by atoms with E-state index in [-0.39, 0.29) is 0 Å². The number of piperazine rings is 1. The third kappa shape index (κ3) is 4.86. The topological polar surface area (TPSA) is 62.0 Å². The summed E-state index contributed by atoms with van der Waals surface area (Å²) in [5.74, 6) is 0.767. The van der Waals surface area contributed by atoms with Gasteiger partial charge in [0, 0.05) is 52.4 Å². The normalized spacial score (nSPS) is 18.6. The van der Waals surface area contributed by atoms with Crippen LogP contribution in [0.1, 0.15) is 25.3 Å². The van der Waals surface area contributed by atoms with Gasteiger partial charge >= 0.3 is 0 Å². The molecule has 1 aromatic rings. The molecule has 6 nitrogen and oxygen atoms in total. The predicted molar refractivity (Wildman–Crippen MR) is 75.2 cm³/mol. The molecule has 0 spiro atoms. The van der Waals surface area contributed by atoms with Crippen molar-refractivity contribution in [3.05, 3.63) is 17.5 Å². The first kappa shape index (κ1) is 15.4. The summed E-state index contributed by atoms with van der Waals surface area (Å²) in [6, 6.07) is 1.95. The number of nitrogens with zero attached hydrogens (tertiary/aromatic N) is 3. The summed E-state index contributed by atoms with van der Waals surface area (Å²) in [7, 11) is 1.64. The molecule has 0 radical (unpaired) electrons. The minimum atomic E-state index is -0.622. The van der Waals surface area contributed by atoms with Crippen molar-refractivity contribution in [2.45, 2.75) is 32.6 Å². The molecule has 6 heteroatoms. The summed E-state index contributed by atoms with van der Waals surface area (Å²) in [5, 5.41) is 13.9. The second-order valence-electron chi connectivity index (χ2n) is 6.08. The molecule has 1 saturated heterocycles. The first-order chi connectivity index (χ1) is 9.46. The maximum Gasteiger partial charge on any atom is 0.162 e. The van der Waals surface area contributed by atoms with E-state index in [1.807, 2.05) is 19.9 Å². The van der Waals surface area contributed by atoms with Crippen LogP contribution < -0.4 is 0 Å². The van der Waals surface area contributed by atoms with E-state index in [1.165, 1.54) is 0 Å². The monoisotopic (exact) mass is 283 g/mol. The highest BCUT2D eigenvalue weighted by Crippen LogP contribution is 2.12. The Kier molecular flexibility index (Phi) is 5.15. The van der Waals surface area contributed by atoms with Gasteiger partial charge in [-0.15, -0.1) is 0 Å². The molecule has 1 N–H and O–H groups in total. The zero-order chi connectivity index (χ0) is 14.6. The molecule has 0 unspecified atom stereocenters. The van der Waals surface area contributed by atoms with Gasteiger partial charge in [0.2, 0.25) is 0 Å². The molecule has 0 saturated carbocycles. The van der Waals surface area contributed by atoms with E-state index < -0.39 is 5.60 Å². The van der Waals surface area contributed by atoms with Gasteiger partial charge in [-0.3, -0.25) is 9.80 Å². The number of β-amino-alcohol motifs (C(OH)–C–C–N with tert-alkyl or cyclic N) is 1. The molecule has 1 fully saturated rings. The molecular formula is C14H25N3O3. The van der Waals surface area contributed by atoms with Crippen LogP contribution in [0.15, 0.2) is 10.6 Å². The second-order valence-corrected chi connectivity index (χ2v) is 6.08. The first-order valence-electron chi connectivity index (χ1n) is 7.07. The van der Waals surface area contributed by atoms with Gasteiger partial charge in [0.05, 0.1) is 11.3 Å². The number of ether oxygens (including phenoxy) is 1. The quantitative estimate of drug-likeness (QED) is 0.829. The summed E-state index contributed by atoms with van der Waals surface area (Å²) in [6.45, 7) is 9.64. The highest BCUT2D eigenvalue weighted by Gasteiger charge is 2.23. The molecule has 20 heavy (non-hydrogen) atoms. The highest BCUT2D eigenvalue weighted by atomic mass is 16.5. The van der Waals surface area contributed by atoms with Crippen molar-refractivity contribution in [1.82, 2.24) is 15.0 Å². The van der Waals surface area contributed by atoms with Crippen LogP contribution in [0.2, 0.25) is 0 Å². The maximum atomic E-state index is 9.83. The SMILES string of the molecule is COCc1cc(CN2CCN(CC(C)(C)O)CC2)no1. The fourth-order valence-corrected chi connectivity index (χ4v) is 2.52. The van der Waals surface area contributed by atoms with Crippen molar-refractivity contribution >= 4 is 0 Å².